The fraction of sp³-hybridized carbons (Fsp3) is 0.500. The van der Waals surface area contributed by atoms with Crippen LogP contribution in [0, 0.1) is 24.2 Å². The summed E-state index contributed by atoms with van der Waals surface area (Å²) in [5, 5.41) is 14.7. The van der Waals surface area contributed by atoms with Crippen LogP contribution < -0.4 is 9.57 Å². The van der Waals surface area contributed by atoms with E-state index in [9.17, 15) is 13.5 Å². The van der Waals surface area contributed by atoms with Crippen molar-refractivity contribution >= 4 is 15.7 Å². The van der Waals surface area contributed by atoms with E-state index in [2.05, 4.69) is 16.9 Å². The summed E-state index contributed by atoms with van der Waals surface area (Å²) in [4.78, 5) is 2.76. The van der Waals surface area contributed by atoms with Crippen LogP contribution in [0.3, 0.4) is 0 Å². The molecule has 33 heavy (non-hydrogen) atoms. The Balaban J connectivity index is 1.39. The van der Waals surface area contributed by atoms with Crippen LogP contribution in [0.2, 0.25) is 0 Å². The average Bonchev–Trinajstić information content (AvgIpc) is 3.13. The fourth-order valence-electron chi connectivity index (χ4n) is 6.61. The third kappa shape index (κ3) is 3.70. The second kappa shape index (κ2) is 8.05. The van der Waals surface area contributed by atoms with E-state index in [4.69, 9.17) is 4.74 Å². The molecule has 0 aliphatic heterocycles. The van der Waals surface area contributed by atoms with Gasteiger partial charge in [-0.15, -0.1) is 0 Å². The number of nitrogens with one attached hydrogen (secondary N) is 1. The Bertz CT molecular complexity index is 1210. The van der Waals surface area contributed by atoms with Crippen molar-refractivity contribution in [3.05, 3.63) is 53.1 Å². The Labute approximate surface area is 196 Å². The minimum absolute atomic E-state index is 0.0878. The number of aryl methyl sites for hydroxylation is 2. The monoisotopic (exact) mass is 468 g/mol. The number of sulfonamides is 1. The van der Waals surface area contributed by atoms with Gasteiger partial charge in [0.2, 0.25) is 0 Å². The molecule has 0 heterocycles. The molecule has 0 radical (unpaired) electrons. The van der Waals surface area contributed by atoms with E-state index in [1.165, 1.54) is 11.1 Å². The first kappa shape index (κ1) is 22.3. The predicted molar refractivity (Wildman–Crippen MR) is 128 cm³/mol. The third-order valence-corrected chi connectivity index (χ3v) is 9.62. The molecule has 6 nitrogen and oxygen atoms in total. The molecule has 3 aliphatic rings. The van der Waals surface area contributed by atoms with Crippen molar-refractivity contribution in [2.45, 2.75) is 63.2 Å². The van der Waals surface area contributed by atoms with Crippen LogP contribution >= 0.6 is 0 Å². The third-order valence-electron chi connectivity index (χ3n) is 8.40. The smallest absolute Gasteiger partial charge is 0.276 e. The number of rotatable bonds is 4. The van der Waals surface area contributed by atoms with E-state index in [-0.39, 0.29) is 16.1 Å². The molecule has 0 bridgehead atoms. The number of phenols is 1. The Hall–Kier alpha value is -2.54. The second-order valence-electron chi connectivity index (χ2n) is 10.1. The molecule has 4 atom stereocenters. The normalized spacial score (nSPS) is 29.8. The van der Waals surface area contributed by atoms with Crippen LogP contribution in [0.5, 0.6) is 11.5 Å². The Morgan fingerprint density at radius 2 is 1.88 bits per heavy atom. The maximum atomic E-state index is 12.8. The van der Waals surface area contributed by atoms with E-state index >= 15 is 0 Å². The van der Waals surface area contributed by atoms with Gasteiger partial charge in [-0.3, -0.25) is 0 Å². The topological polar surface area (TPSA) is 88.0 Å². The van der Waals surface area contributed by atoms with Gasteiger partial charge < -0.3 is 9.84 Å². The minimum Gasteiger partial charge on any atom is -0.504 e. The first-order chi connectivity index (χ1) is 15.7. The number of ether oxygens (including phenoxy) is 1. The number of phenolic OH excluding ortho intramolecular Hbond substituents is 1. The van der Waals surface area contributed by atoms with Crippen molar-refractivity contribution in [3.63, 3.8) is 0 Å². The van der Waals surface area contributed by atoms with E-state index < -0.39 is 10.0 Å². The molecule has 2 aromatic carbocycles. The fourth-order valence-corrected chi connectivity index (χ4v) is 7.44. The summed E-state index contributed by atoms with van der Waals surface area (Å²) in [5.41, 5.74) is 4.46. The molecule has 0 unspecified atom stereocenters. The van der Waals surface area contributed by atoms with Crippen molar-refractivity contribution < 1.29 is 18.3 Å². The Morgan fingerprint density at radius 1 is 1.12 bits per heavy atom. The first-order valence-electron chi connectivity index (χ1n) is 11.8. The van der Waals surface area contributed by atoms with Crippen LogP contribution in [0.15, 0.2) is 46.4 Å². The first-order valence-corrected chi connectivity index (χ1v) is 13.3. The average molecular weight is 469 g/mol. The quantitative estimate of drug-likeness (QED) is 0.625. The highest BCUT2D eigenvalue weighted by atomic mass is 32.2. The van der Waals surface area contributed by atoms with Gasteiger partial charge in [0.25, 0.3) is 10.0 Å². The van der Waals surface area contributed by atoms with Crippen LogP contribution in [0.1, 0.15) is 61.6 Å². The molecule has 0 spiro atoms. The van der Waals surface area contributed by atoms with Gasteiger partial charge in [-0.2, -0.15) is 13.5 Å². The molecule has 7 heteroatoms. The lowest BCUT2D eigenvalue weighted by molar-refractivity contribution is 0.0953. The van der Waals surface area contributed by atoms with E-state index in [1.54, 1.807) is 31.4 Å². The van der Waals surface area contributed by atoms with Crippen molar-refractivity contribution in [1.82, 2.24) is 4.83 Å². The van der Waals surface area contributed by atoms with Crippen molar-refractivity contribution in [2.75, 3.05) is 7.11 Å². The Morgan fingerprint density at radius 3 is 2.61 bits per heavy atom. The highest BCUT2D eigenvalue weighted by Crippen LogP contribution is 2.60. The molecule has 2 aromatic rings. The molecule has 2 N–H and O–H groups in total. The molecule has 0 amide bonds. The summed E-state index contributed by atoms with van der Waals surface area (Å²) in [6.45, 7) is 4.20. The van der Waals surface area contributed by atoms with Gasteiger partial charge in [0.15, 0.2) is 11.5 Å². The van der Waals surface area contributed by atoms with Crippen LogP contribution in [0.4, 0.5) is 0 Å². The lowest BCUT2D eigenvalue weighted by Gasteiger charge is -2.49. The van der Waals surface area contributed by atoms with Gasteiger partial charge in [-0.1, -0.05) is 24.6 Å². The summed E-state index contributed by atoms with van der Waals surface area (Å²) in [6, 6.07) is 10.7. The molecule has 2 fully saturated rings. The number of hydrogen-bond acceptors (Lipinski definition) is 5. The zero-order chi connectivity index (χ0) is 23.4. The summed E-state index contributed by atoms with van der Waals surface area (Å²) in [5.74, 6) is 2.22. The zero-order valence-corrected chi connectivity index (χ0v) is 20.3. The van der Waals surface area contributed by atoms with Crippen LogP contribution in [-0.4, -0.2) is 26.3 Å². The van der Waals surface area contributed by atoms with E-state index in [1.807, 2.05) is 19.1 Å². The number of nitrogens with zero attached hydrogens (tertiary/aromatic N) is 1. The molecule has 0 aromatic heterocycles. The van der Waals surface area contributed by atoms with Gasteiger partial charge in [-0.05, 0) is 98.6 Å². The van der Waals surface area contributed by atoms with Gasteiger partial charge in [0.1, 0.15) is 0 Å². The summed E-state index contributed by atoms with van der Waals surface area (Å²) in [7, 11) is -2.08. The lowest BCUT2D eigenvalue weighted by atomic mass is 9.55. The molecular weight excluding hydrogens is 436 g/mol. The Kier molecular flexibility index (Phi) is 5.43. The van der Waals surface area contributed by atoms with Crippen molar-refractivity contribution in [3.8, 4) is 11.5 Å². The molecule has 3 aliphatic carbocycles. The lowest BCUT2D eigenvalue weighted by Crippen LogP contribution is -2.43. The molecule has 5 rings (SSSR count). The molecule has 176 valence electrons. The maximum absolute atomic E-state index is 12.8. The number of fused-ring (bicyclic) bond motifs is 5. The van der Waals surface area contributed by atoms with Crippen molar-refractivity contribution in [1.29, 1.82) is 0 Å². The minimum atomic E-state index is -3.68. The molecule has 2 saturated carbocycles. The van der Waals surface area contributed by atoms with Gasteiger partial charge in [0, 0.05) is 11.1 Å². The standard InChI is InChI=1S/C26H32N2O4S/c1-16-4-7-18(8-5-16)33(30,31)28-27-25-11-10-22-20-9-6-17-14-23(29)24(32-3)15-21(17)19(20)12-13-26(22,25)2/h4-5,7-8,14-15,19-20,22,28-29H,6,9-13H2,1-3H3/t19-,20+,22-,26-/m0/s1. The van der Waals surface area contributed by atoms with Gasteiger partial charge in [0.05, 0.1) is 12.0 Å². The van der Waals surface area contributed by atoms with Crippen molar-refractivity contribution in [2.24, 2.45) is 22.4 Å². The number of hydrazone groups is 1. The number of aromatic hydroxyl groups is 1. The zero-order valence-electron chi connectivity index (χ0n) is 19.5. The largest absolute Gasteiger partial charge is 0.504 e. The summed E-state index contributed by atoms with van der Waals surface area (Å²) in [6.07, 6.45) is 5.91. The van der Waals surface area contributed by atoms with E-state index in [0.717, 1.165) is 49.8 Å². The molecule has 0 saturated heterocycles. The maximum Gasteiger partial charge on any atom is 0.276 e. The van der Waals surface area contributed by atoms with Gasteiger partial charge in [-0.25, -0.2) is 4.83 Å². The van der Waals surface area contributed by atoms with E-state index in [0.29, 0.717) is 23.5 Å². The second-order valence-corrected chi connectivity index (χ2v) is 11.8. The number of benzene rings is 2. The highest BCUT2D eigenvalue weighted by Gasteiger charge is 2.53. The SMILES string of the molecule is COc1cc2c(cc1O)CC[C@@H]1[C@@H]2CC[C@]2(C)C(=NNS(=O)(=O)c3ccc(C)cc3)CC[C@@H]12. The van der Waals surface area contributed by atoms with Crippen LogP contribution in [-0.2, 0) is 16.4 Å². The number of hydrogen-bond donors (Lipinski definition) is 2. The summed E-state index contributed by atoms with van der Waals surface area (Å²) < 4.78 is 30.9. The summed E-state index contributed by atoms with van der Waals surface area (Å²) >= 11 is 0. The number of methoxy groups -OCH3 is 1. The van der Waals surface area contributed by atoms with Crippen LogP contribution in [0.25, 0.3) is 0 Å². The molecular formula is C26H32N2O4S. The van der Waals surface area contributed by atoms with Gasteiger partial charge >= 0.3 is 0 Å². The predicted octanol–water partition coefficient (Wildman–Crippen LogP) is 4.90. The highest BCUT2D eigenvalue weighted by molar-refractivity contribution is 7.89.